The van der Waals surface area contributed by atoms with Crippen molar-refractivity contribution in [2.45, 2.75) is 16.7 Å². The largest absolute Gasteiger partial charge is 0.497 e. The zero-order valence-corrected chi connectivity index (χ0v) is 16.2. The monoisotopic (exact) mass is 406 g/mol. The average molecular weight is 406 g/mol. The van der Waals surface area contributed by atoms with Crippen molar-refractivity contribution in [1.29, 1.82) is 0 Å². The second-order valence-corrected chi connectivity index (χ2v) is 8.85. The summed E-state index contributed by atoms with van der Waals surface area (Å²) in [5.41, 5.74) is 0.375. The maximum Gasteiger partial charge on any atom is 0.253 e. The Bertz CT molecular complexity index is 952. The SMILES string of the molecule is C=CCN(C1CC(=O)N(c2ccc(OC)cc2)C1=O)S(=O)(=O)c1cccs1. The number of methoxy groups -OCH3 is 1. The van der Waals surface area contributed by atoms with Crippen LogP contribution in [0.15, 0.2) is 58.6 Å². The molecule has 2 heterocycles. The first-order chi connectivity index (χ1) is 12.9. The van der Waals surface area contributed by atoms with Crippen LogP contribution in [0.1, 0.15) is 6.42 Å². The molecule has 0 aliphatic carbocycles. The molecule has 1 saturated heterocycles. The minimum absolute atomic E-state index is 0.0691. The summed E-state index contributed by atoms with van der Waals surface area (Å²) in [7, 11) is -2.40. The minimum Gasteiger partial charge on any atom is -0.497 e. The van der Waals surface area contributed by atoms with E-state index in [4.69, 9.17) is 4.74 Å². The number of anilines is 1. The Hall–Kier alpha value is -2.49. The highest BCUT2D eigenvalue weighted by Crippen LogP contribution is 2.31. The van der Waals surface area contributed by atoms with Gasteiger partial charge in [-0.15, -0.1) is 17.9 Å². The minimum atomic E-state index is -3.92. The molecule has 1 aromatic heterocycles. The van der Waals surface area contributed by atoms with Crippen molar-refractivity contribution in [3.8, 4) is 5.75 Å². The molecular weight excluding hydrogens is 388 g/mol. The third-order valence-electron chi connectivity index (χ3n) is 4.17. The van der Waals surface area contributed by atoms with Gasteiger partial charge in [0.1, 0.15) is 16.0 Å². The van der Waals surface area contributed by atoms with Crippen LogP contribution in [0.3, 0.4) is 0 Å². The van der Waals surface area contributed by atoms with E-state index in [1.165, 1.54) is 19.3 Å². The number of imide groups is 1. The molecule has 1 aromatic carbocycles. The van der Waals surface area contributed by atoms with Gasteiger partial charge in [0.2, 0.25) is 5.91 Å². The van der Waals surface area contributed by atoms with E-state index in [0.29, 0.717) is 11.4 Å². The Morgan fingerprint density at radius 1 is 1.30 bits per heavy atom. The number of carbonyl (C=O) groups excluding carboxylic acids is 2. The second kappa shape index (κ2) is 7.63. The standard InChI is InChI=1S/C18H18N2O5S2/c1-3-10-19(27(23,24)17-5-4-11-26-17)15-12-16(21)20(18(15)22)13-6-8-14(25-2)9-7-13/h3-9,11,15H,1,10,12H2,2H3. The van der Waals surface area contributed by atoms with Gasteiger partial charge in [-0.05, 0) is 35.7 Å². The summed E-state index contributed by atoms with van der Waals surface area (Å²) in [5.74, 6) is -0.444. The summed E-state index contributed by atoms with van der Waals surface area (Å²) in [6.45, 7) is 3.51. The lowest BCUT2D eigenvalue weighted by atomic mass is 10.2. The fourth-order valence-corrected chi connectivity index (χ4v) is 5.56. The summed E-state index contributed by atoms with van der Waals surface area (Å²) in [6, 6.07) is 8.42. The lowest BCUT2D eigenvalue weighted by Crippen LogP contribution is -2.45. The molecule has 7 nitrogen and oxygen atoms in total. The fourth-order valence-electron chi connectivity index (χ4n) is 2.89. The average Bonchev–Trinajstić information content (AvgIpc) is 3.29. The van der Waals surface area contributed by atoms with Gasteiger partial charge in [0, 0.05) is 6.54 Å². The normalized spacial score (nSPS) is 17.6. The molecule has 142 valence electrons. The van der Waals surface area contributed by atoms with Crippen LogP contribution in [0.4, 0.5) is 5.69 Å². The molecule has 3 rings (SSSR count). The molecule has 1 aliphatic rings. The Balaban J connectivity index is 1.94. The summed E-state index contributed by atoms with van der Waals surface area (Å²) in [6.07, 6.45) is 1.18. The molecule has 1 unspecified atom stereocenters. The number of sulfonamides is 1. The fraction of sp³-hybridized carbons (Fsp3) is 0.222. The summed E-state index contributed by atoms with van der Waals surface area (Å²) in [5, 5.41) is 1.64. The number of hydrogen-bond donors (Lipinski definition) is 0. The van der Waals surface area contributed by atoms with Crippen LogP contribution < -0.4 is 9.64 Å². The molecule has 2 amide bonds. The zero-order valence-electron chi connectivity index (χ0n) is 14.6. The van der Waals surface area contributed by atoms with Gasteiger partial charge in [0.05, 0.1) is 19.2 Å². The lowest BCUT2D eigenvalue weighted by Gasteiger charge is -2.25. The third-order valence-corrected chi connectivity index (χ3v) is 7.42. The number of nitrogens with zero attached hydrogens (tertiary/aromatic N) is 2. The molecule has 1 fully saturated rings. The third kappa shape index (κ3) is 3.53. The van der Waals surface area contributed by atoms with E-state index < -0.39 is 27.9 Å². The first-order valence-corrected chi connectivity index (χ1v) is 10.4. The van der Waals surface area contributed by atoms with Crippen molar-refractivity contribution in [3.63, 3.8) is 0 Å². The van der Waals surface area contributed by atoms with Crippen molar-refractivity contribution in [3.05, 3.63) is 54.4 Å². The Labute approximate surface area is 161 Å². The summed E-state index contributed by atoms with van der Waals surface area (Å²) < 4.78 is 32.1. The lowest BCUT2D eigenvalue weighted by molar-refractivity contribution is -0.122. The van der Waals surface area contributed by atoms with Crippen molar-refractivity contribution in [2.75, 3.05) is 18.6 Å². The van der Waals surface area contributed by atoms with Gasteiger partial charge in [-0.25, -0.2) is 13.3 Å². The first-order valence-electron chi connectivity index (χ1n) is 8.07. The molecule has 0 N–H and O–H groups in total. The summed E-state index contributed by atoms with van der Waals surface area (Å²) in [4.78, 5) is 26.5. The van der Waals surface area contributed by atoms with Gasteiger partial charge >= 0.3 is 0 Å². The molecule has 0 bridgehead atoms. The van der Waals surface area contributed by atoms with Crippen LogP contribution in [-0.2, 0) is 19.6 Å². The predicted molar refractivity (Wildman–Crippen MR) is 102 cm³/mol. The van der Waals surface area contributed by atoms with Crippen molar-refractivity contribution < 1.29 is 22.7 Å². The highest BCUT2D eigenvalue weighted by Gasteiger charge is 2.46. The van der Waals surface area contributed by atoms with E-state index in [1.807, 2.05) is 0 Å². The van der Waals surface area contributed by atoms with Crippen LogP contribution in [0.25, 0.3) is 0 Å². The van der Waals surface area contributed by atoms with Crippen LogP contribution in [0.5, 0.6) is 5.75 Å². The predicted octanol–water partition coefficient (Wildman–Crippen LogP) is 2.27. The maximum absolute atomic E-state index is 12.9. The van der Waals surface area contributed by atoms with E-state index in [1.54, 1.807) is 35.7 Å². The molecule has 0 saturated carbocycles. The van der Waals surface area contributed by atoms with Crippen LogP contribution in [-0.4, -0.2) is 44.2 Å². The number of hydrogen-bond acceptors (Lipinski definition) is 6. The molecule has 1 atom stereocenters. The molecule has 27 heavy (non-hydrogen) atoms. The van der Waals surface area contributed by atoms with Gasteiger partial charge < -0.3 is 4.74 Å². The molecule has 0 radical (unpaired) electrons. The quantitative estimate of drug-likeness (QED) is 0.520. The van der Waals surface area contributed by atoms with E-state index in [2.05, 4.69) is 6.58 Å². The van der Waals surface area contributed by atoms with Gasteiger partial charge in [-0.2, -0.15) is 4.31 Å². The molecule has 2 aromatic rings. The number of rotatable bonds is 7. The van der Waals surface area contributed by atoms with Crippen molar-refractivity contribution in [2.24, 2.45) is 0 Å². The molecular formula is C18H18N2O5S2. The van der Waals surface area contributed by atoms with E-state index in [9.17, 15) is 18.0 Å². The van der Waals surface area contributed by atoms with Gasteiger partial charge in [-0.3, -0.25) is 9.59 Å². The van der Waals surface area contributed by atoms with E-state index >= 15 is 0 Å². The molecule has 9 heteroatoms. The number of thiophene rings is 1. The van der Waals surface area contributed by atoms with Crippen LogP contribution in [0.2, 0.25) is 0 Å². The van der Waals surface area contributed by atoms with Gasteiger partial charge in [-0.1, -0.05) is 12.1 Å². The van der Waals surface area contributed by atoms with E-state index in [-0.39, 0.29) is 17.2 Å². The van der Waals surface area contributed by atoms with Gasteiger partial charge in [0.25, 0.3) is 15.9 Å². The molecule has 1 aliphatic heterocycles. The number of amides is 2. The second-order valence-electron chi connectivity index (χ2n) is 5.78. The van der Waals surface area contributed by atoms with Crippen molar-refractivity contribution >= 4 is 38.9 Å². The van der Waals surface area contributed by atoms with Crippen LogP contribution >= 0.6 is 11.3 Å². The highest BCUT2D eigenvalue weighted by atomic mass is 32.2. The van der Waals surface area contributed by atoms with Crippen molar-refractivity contribution in [1.82, 2.24) is 4.31 Å². The Kier molecular flexibility index (Phi) is 5.45. The van der Waals surface area contributed by atoms with Crippen LogP contribution in [0, 0.1) is 0 Å². The maximum atomic E-state index is 12.9. The summed E-state index contributed by atoms with van der Waals surface area (Å²) >= 11 is 1.06. The smallest absolute Gasteiger partial charge is 0.253 e. The molecule has 0 spiro atoms. The van der Waals surface area contributed by atoms with E-state index in [0.717, 1.165) is 20.5 Å². The topological polar surface area (TPSA) is 84.0 Å². The number of carbonyl (C=O) groups is 2. The number of benzene rings is 1. The first kappa shape index (κ1) is 19.3. The Morgan fingerprint density at radius 3 is 2.56 bits per heavy atom. The Morgan fingerprint density at radius 2 is 2.00 bits per heavy atom. The zero-order chi connectivity index (χ0) is 19.6. The highest BCUT2D eigenvalue weighted by molar-refractivity contribution is 7.91. The van der Waals surface area contributed by atoms with Gasteiger partial charge in [0.15, 0.2) is 0 Å². The number of ether oxygens (including phenoxy) is 1.